The van der Waals surface area contributed by atoms with Gasteiger partial charge in [-0.2, -0.15) is 5.26 Å². The summed E-state index contributed by atoms with van der Waals surface area (Å²) in [5.41, 5.74) is 1.93. The SMILES string of the molecule is CCN(CC)c1ccc2c(COP(OCCC#N)N(C(C)C)C(C)C)cc(=O)oc2c1. The van der Waals surface area contributed by atoms with E-state index in [-0.39, 0.29) is 18.7 Å². The van der Waals surface area contributed by atoms with Crippen molar-refractivity contribution in [1.29, 1.82) is 5.26 Å². The molecule has 2 rings (SSSR count). The van der Waals surface area contributed by atoms with Crippen LogP contribution < -0.4 is 10.5 Å². The molecule has 1 unspecified atom stereocenters. The molecule has 0 spiro atoms. The molecule has 2 aromatic rings. The zero-order chi connectivity index (χ0) is 23.0. The second-order valence-corrected chi connectivity index (χ2v) is 9.22. The lowest BCUT2D eigenvalue weighted by Gasteiger charge is -2.35. The summed E-state index contributed by atoms with van der Waals surface area (Å²) in [6, 6.07) is 9.94. The lowest BCUT2D eigenvalue weighted by atomic mass is 10.1. The molecule has 7 nitrogen and oxygen atoms in total. The maximum atomic E-state index is 12.2. The van der Waals surface area contributed by atoms with Crippen LogP contribution in [0.3, 0.4) is 0 Å². The summed E-state index contributed by atoms with van der Waals surface area (Å²) >= 11 is 0. The molecule has 0 saturated carbocycles. The fraction of sp³-hybridized carbons (Fsp3) is 0.565. The Morgan fingerprint density at radius 2 is 1.77 bits per heavy atom. The van der Waals surface area contributed by atoms with Gasteiger partial charge in [-0.1, -0.05) is 0 Å². The Kier molecular flexibility index (Phi) is 9.93. The van der Waals surface area contributed by atoms with E-state index in [2.05, 4.69) is 57.2 Å². The Labute approximate surface area is 186 Å². The molecule has 8 heteroatoms. The number of fused-ring (bicyclic) bond motifs is 1. The van der Waals surface area contributed by atoms with Crippen LogP contribution in [0, 0.1) is 11.3 Å². The van der Waals surface area contributed by atoms with E-state index < -0.39 is 14.2 Å². The van der Waals surface area contributed by atoms with Crippen LogP contribution >= 0.6 is 8.53 Å². The number of nitrogens with zero attached hydrogens (tertiary/aromatic N) is 3. The van der Waals surface area contributed by atoms with E-state index in [0.717, 1.165) is 29.7 Å². The summed E-state index contributed by atoms with van der Waals surface area (Å²) in [7, 11) is -1.38. The van der Waals surface area contributed by atoms with Crippen molar-refractivity contribution in [3.8, 4) is 6.07 Å². The third-order valence-electron chi connectivity index (χ3n) is 4.94. The smallest absolute Gasteiger partial charge is 0.336 e. The van der Waals surface area contributed by atoms with E-state index >= 15 is 0 Å². The van der Waals surface area contributed by atoms with Gasteiger partial charge in [0, 0.05) is 48.4 Å². The van der Waals surface area contributed by atoms with Crippen LogP contribution in [0.25, 0.3) is 11.0 Å². The number of anilines is 1. The van der Waals surface area contributed by atoms with Crippen LogP contribution in [0.2, 0.25) is 0 Å². The average Bonchev–Trinajstić information content (AvgIpc) is 2.71. The molecule has 1 aromatic carbocycles. The third-order valence-corrected chi connectivity index (χ3v) is 6.99. The first-order valence-electron chi connectivity index (χ1n) is 10.8. The van der Waals surface area contributed by atoms with Gasteiger partial charge < -0.3 is 18.4 Å². The third kappa shape index (κ3) is 6.75. The van der Waals surface area contributed by atoms with Crippen molar-refractivity contribution < 1.29 is 13.5 Å². The summed E-state index contributed by atoms with van der Waals surface area (Å²) in [6.07, 6.45) is 0.304. The average molecular weight is 448 g/mol. The minimum Gasteiger partial charge on any atom is -0.423 e. The van der Waals surface area contributed by atoms with Crippen LogP contribution in [0.15, 0.2) is 33.5 Å². The second kappa shape index (κ2) is 12.2. The van der Waals surface area contributed by atoms with Crippen LogP contribution in [-0.2, 0) is 15.7 Å². The normalized spacial score (nSPS) is 12.6. The lowest BCUT2D eigenvalue weighted by Crippen LogP contribution is -2.33. The van der Waals surface area contributed by atoms with Crippen molar-refractivity contribution in [2.24, 2.45) is 0 Å². The van der Waals surface area contributed by atoms with Crippen molar-refractivity contribution >= 4 is 25.2 Å². The Balaban J connectivity index is 2.32. The molecular weight excluding hydrogens is 413 g/mol. The van der Waals surface area contributed by atoms with Crippen molar-refractivity contribution in [3.63, 3.8) is 0 Å². The number of rotatable bonds is 12. The highest BCUT2D eigenvalue weighted by molar-refractivity contribution is 7.44. The molecule has 0 fully saturated rings. The highest BCUT2D eigenvalue weighted by atomic mass is 31.2. The van der Waals surface area contributed by atoms with E-state index in [1.807, 2.05) is 18.2 Å². The number of hydrogen-bond acceptors (Lipinski definition) is 7. The van der Waals surface area contributed by atoms with E-state index in [0.29, 0.717) is 18.6 Å². The van der Waals surface area contributed by atoms with Gasteiger partial charge in [0.2, 0.25) is 0 Å². The highest BCUT2D eigenvalue weighted by Crippen LogP contribution is 2.47. The van der Waals surface area contributed by atoms with Gasteiger partial charge in [-0.25, -0.2) is 9.46 Å². The Bertz CT molecular complexity index is 927. The molecule has 0 aliphatic carbocycles. The summed E-state index contributed by atoms with van der Waals surface area (Å²) in [5.74, 6) is 0. The predicted octanol–water partition coefficient (Wildman–Crippen LogP) is 5.43. The van der Waals surface area contributed by atoms with E-state index in [1.54, 1.807) is 0 Å². The minimum absolute atomic E-state index is 0.211. The minimum atomic E-state index is -1.38. The summed E-state index contributed by atoms with van der Waals surface area (Å²) in [5, 5.41) is 9.71. The molecule has 0 radical (unpaired) electrons. The first-order valence-corrected chi connectivity index (χ1v) is 12.0. The molecule has 1 heterocycles. The summed E-state index contributed by atoms with van der Waals surface area (Å²) in [6.45, 7) is 14.8. The zero-order valence-corrected chi connectivity index (χ0v) is 20.3. The Morgan fingerprint density at radius 3 is 2.35 bits per heavy atom. The molecule has 0 amide bonds. The Morgan fingerprint density at radius 1 is 1.10 bits per heavy atom. The first kappa shape index (κ1) is 25.3. The zero-order valence-electron chi connectivity index (χ0n) is 19.4. The van der Waals surface area contributed by atoms with Gasteiger partial charge >= 0.3 is 5.63 Å². The van der Waals surface area contributed by atoms with Crippen LogP contribution in [0.5, 0.6) is 0 Å². The molecule has 1 aromatic heterocycles. The summed E-state index contributed by atoms with van der Waals surface area (Å²) in [4.78, 5) is 14.4. The van der Waals surface area contributed by atoms with Crippen LogP contribution in [-0.4, -0.2) is 36.5 Å². The summed E-state index contributed by atoms with van der Waals surface area (Å²) < 4.78 is 19.8. The van der Waals surface area contributed by atoms with Crippen LogP contribution in [0.4, 0.5) is 5.69 Å². The molecular formula is C23H34N3O4P. The van der Waals surface area contributed by atoms with Crippen molar-refractivity contribution in [2.45, 2.75) is 66.7 Å². The first-order chi connectivity index (χ1) is 14.8. The fourth-order valence-corrected chi connectivity index (χ4v) is 5.15. The van der Waals surface area contributed by atoms with Gasteiger partial charge in [-0.3, -0.25) is 0 Å². The topological polar surface area (TPSA) is 78.9 Å². The maximum absolute atomic E-state index is 12.2. The molecule has 0 bridgehead atoms. The van der Waals surface area contributed by atoms with Gasteiger partial charge in [0.1, 0.15) is 5.58 Å². The maximum Gasteiger partial charge on any atom is 0.336 e. The molecule has 1 atom stereocenters. The fourth-order valence-electron chi connectivity index (χ4n) is 3.56. The molecule has 0 N–H and O–H groups in total. The van der Waals surface area contributed by atoms with Gasteiger partial charge in [-0.15, -0.1) is 0 Å². The molecule has 170 valence electrons. The van der Waals surface area contributed by atoms with E-state index in [1.165, 1.54) is 6.07 Å². The van der Waals surface area contributed by atoms with Gasteiger partial charge in [0.05, 0.1) is 25.7 Å². The van der Waals surface area contributed by atoms with Gasteiger partial charge in [0.15, 0.2) is 0 Å². The Hall–Kier alpha value is -1.97. The second-order valence-electron chi connectivity index (χ2n) is 7.76. The molecule has 0 saturated heterocycles. The van der Waals surface area contributed by atoms with Crippen molar-refractivity contribution in [2.75, 3.05) is 24.6 Å². The van der Waals surface area contributed by atoms with Crippen LogP contribution in [0.1, 0.15) is 53.5 Å². The standard InChI is InChI=1S/C23H34N3O4P/c1-7-25(8-2)20-10-11-21-19(14-23(27)30-22(21)15-20)16-29-31(28-13-9-12-24)26(17(3)4)18(5)6/h10-11,14-15,17-18H,7-9,13,16H2,1-6H3. The molecule has 0 aliphatic heterocycles. The monoisotopic (exact) mass is 447 g/mol. The predicted molar refractivity (Wildman–Crippen MR) is 126 cm³/mol. The molecule has 0 aliphatic rings. The van der Waals surface area contributed by atoms with Gasteiger partial charge in [-0.05, 0) is 59.2 Å². The van der Waals surface area contributed by atoms with Gasteiger partial charge in [0.25, 0.3) is 8.53 Å². The largest absolute Gasteiger partial charge is 0.423 e. The highest BCUT2D eigenvalue weighted by Gasteiger charge is 2.27. The van der Waals surface area contributed by atoms with E-state index in [9.17, 15) is 4.79 Å². The van der Waals surface area contributed by atoms with Crippen molar-refractivity contribution in [1.82, 2.24) is 4.67 Å². The molecule has 31 heavy (non-hydrogen) atoms. The van der Waals surface area contributed by atoms with E-state index in [4.69, 9.17) is 18.7 Å². The van der Waals surface area contributed by atoms with Crippen molar-refractivity contribution in [3.05, 3.63) is 40.2 Å². The quantitative estimate of drug-likeness (QED) is 0.244. The number of benzene rings is 1. The number of hydrogen-bond donors (Lipinski definition) is 0. The lowest BCUT2D eigenvalue weighted by molar-refractivity contribution is 0.171. The number of nitriles is 1.